The Bertz CT molecular complexity index is 616. The molecule has 1 aromatic heterocycles. The van der Waals surface area contributed by atoms with Crippen molar-refractivity contribution in [3.05, 3.63) is 5.01 Å². The maximum atomic E-state index is 12.5. The Morgan fingerprint density at radius 3 is 2.21 bits per heavy atom. The number of alkyl halides is 3. The molecule has 24 heavy (non-hydrogen) atoms. The van der Waals surface area contributed by atoms with E-state index in [2.05, 4.69) is 15.5 Å². The number of likely N-dealkylation sites (tertiary alicyclic amines) is 1. The average molecular weight is 364 g/mol. The number of aromatic nitrogens is 2. The summed E-state index contributed by atoms with van der Waals surface area (Å²) in [6.45, 7) is 6.42. The maximum absolute atomic E-state index is 12.5. The molecular formula is C14H19F3N4O2S. The lowest BCUT2D eigenvalue weighted by atomic mass is 9.91. The number of amides is 2. The van der Waals surface area contributed by atoms with Gasteiger partial charge in [0.1, 0.15) is 0 Å². The molecule has 6 nitrogen and oxygen atoms in total. The fourth-order valence-corrected chi connectivity index (χ4v) is 3.03. The zero-order valence-electron chi connectivity index (χ0n) is 13.6. The summed E-state index contributed by atoms with van der Waals surface area (Å²) in [4.78, 5) is 26.0. The molecule has 2 heterocycles. The van der Waals surface area contributed by atoms with E-state index >= 15 is 0 Å². The van der Waals surface area contributed by atoms with E-state index < -0.39 is 16.6 Å². The fraction of sp³-hybridized carbons (Fsp3) is 0.714. The molecule has 0 unspecified atom stereocenters. The van der Waals surface area contributed by atoms with Crippen LogP contribution in [0.4, 0.5) is 18.3 Å². The minimum absolute atomic E-state index is 0.0281. The topological polar surface area (TPSA) is 75.2 Å². The van der Waals surface area contributed by atoms with Gasteiger partial charge in [-0.25, -0.2) is 0 Å². The summed E-state index contributed by atoms with van der Waals surface area (Å²) < 4.78 is 37.4. The van der Waals surface area contributed by atoms with Crippen LogP contribution in [0.15, 0.2) is 0 Å². The van der Waals surface area contributed by atoms with Gasteiger partial charge in [0.2, 0.25) is 22.0 Å². The number of nitrogens with one attached hydrogen (secondary N) is 1. The highest BCUT2D eigenvalue weighted by molar-refractivity contribution is 7.15. The number of halogens is 3. The van der Waals surface area contributed by atoms with Gasteiger partial charge in [-0.1, -0.05) is 32.1 Å². The highest BCUT2D eigenvalue weighted by Crippen LogP contribution is 2.33. The van der Waals surface area contributed by atoms with E-state index in [1.807, 2.05) is 20.8 Å². The number of hydrogen-bond donors (Lipinski definition) is 1. The van der Waals surface area contributed by atoms with Crippen LogP contribution >= 0.6 is 11.3 Å². The molecule has 1 saturated heterocycles. The molecule has 1 N–H and O–H groups in total. The normalized spacial score (nSPS) is 17.0. The summed E-state index contributed by atoms with van der Waals surface area (Å²) in [7, 11) is 0. The number of piperidine rings is 1. The number of hydrogen-bond acceptors (Lipinski definition) is 5. The molecule has 0 radical (unpaired) electrons. The molecule has 0 bridgehead atoms. The Labute approximate surface area is 141 Å². The monoisotopic (exact) mass is 364 g/mol. The van der Waals surface area contributed by atoms with Crippen LogP contribution in [-0.4, -0.2) is 40.0 Å². The van der Waals surface area contributed by atoms with Crippen LogP contribution in [0.3, 0.4) is 0 Å². The van der Waals surface area contributed by atoms with Crippen LogP contribution in [0.2, 0.25) is 0 Å². The van der Waals surface area contributed by atoms with Crippen molar-refractivity contribution >= 4 is 28.3 Å². The number of carbonyl (C=O) groups is 2. The second-order valence-corrected chi connectivity index (χ2v) is 7.69. The van der Waals surface area contributed by atoms with Gasteiger partial charge < -0.3 is 10.2 Å². The summed E-state index contributed by atoms with van der Waals surface area (Å²) in [5.74, 6) is -0.713. The van der Waals surface area contributed by atoms with Crippen molar-refractivity contribution in [2.75, 3.05) is 18.4 Å². The lowest BCUT2D eigenvalue weighted by Crippen LogP contribution is -2.45. The third-order valence-corrected chi connectivity index (χ3v) is 4.58. The van der Waals surface area contributed by atoms with E-state index in [0.29, 0.717) is 37.3 Å². The molecule has 2 amide bonds. The summed E-state index contributed by atoms with van der Waals surface area (Å²) in [6, 6.07) is 0. The Hall–Kier alpha value is -1.71. The number of nitrogens with zero attached hydrogens (tertiary/aromatic N) is 3. The minimum Gasteiger partial charge on any atom is -0.342 e. The zero-order valence-corrected chi connectivity index (χ0v) is 14.4. The van der Waals surface area contributed by atoms with E-state index in [4.69, 9.17) is 0 Å². The van der Waals surface area contributed by atoms with E-state index in [1.54, 1.807) is 4.90 Å². The standard InChI is InChI=1S/C14H19F3N4O2S/c1-13(2,3)11(23)21-6-4-8(5-7-21)9(22)18-12-20-19-10(24-12)14(15,16)17/h8H,4-7H2,1-3H3,(H,18,20,22). The van der Waals surface area contributed by atoms with Crippen LogP contribution in [0.1, 0.15) is 38.6 Å². The fourth-order valence-electron chi connectivity index (χ4n) is 2.41. The molecule has 134 valence electrons. The van der Waals surface area contributed by atoms with Crippen LogP contribution in [0.5, 0.6) is 0 Å². The molecule has 0 aromatic carbocycles. The third-order valence-electron chi connectivity index (χ3n) is 3.69. The second kappa shape index (κ2) is 6.66. The first kappa shape index (κ1) is 18.6. The minimum atomic E-state index is -4.57. The van der Waals surface area contributed by atoms with Gasteiger partial charge in [-0.2, -0.15) is 13.2 Å². The highest BCUT2D eigenvalue weighted by atomic mass is 32.1. The molecule has 10 heteroatoms. The van der Waals surface area contributed by atoms with Crippen molar-refractivity contribution in [1.29, 1.82) is 0 Å². The lowest BCUT2D eigenvalue weighted by molar-refractivity contribution is -0.142. The van der Waals surface area contributed by atoms with Gasteiger partial charge in [0.25, 0.3) is 0 Å². The summed E-state index contributed by atoms with van der Waals surface area (Å²) >= 11 is 0.297. The molecule has 0 saturated carbocycles. The van der Waals surface area contributed by atoms with Crippen LogP contribution < -0.4 is 5.32 Å². The Morgan fingerprint density at radius 1 is 1.17 bits per heavy atom. The third kappa shape index (κ3) is 4.43. The predicted molar refractivity (Wildman–Crippen MR) is 82.3 cm³/mol. The quantitative estimate of drug-likeness (QED) is 0.876. The van der Waals surface area contributed by atoms with Crippen molar-refractivity contribution in [3.8, 4) is 0 Å². The molecular weight excluding hydrogens is 345 g/mol. The Kier molecular flexibility index (Phi) is 5.17. The van der Waals surface area contributed by atoms with Crippen LogP contribution in [0, 0.1) is 11.3 Å². The summed E-state index contributed by atoms with van der Waals surface area (Å²) in [5, 5.41) is 7.49. The number of rotatable bonds is 2. The lowest BCUT2D eigenvalue weighted by Gasteiger charge is -2.35. The Morgan fingerprint density at radius 2 is 1.75 bits per heavy atom. The predicted octanol–water partition coefficient (Wildman–Crippen LogP) is 2.78. The molecule has 1 fully saturated rings. The van der Waals surface area contributed by atoms with Gasteiger partial charge in [0, 0.05) is 24.4 Å². The van der Waals surface area contributed by atoms with E-state index in [9.17, 15) is 22.8 Å². The van der Waals surface area contributed by atoms with Gasteiger partial charge in [0.15, 0.2) is 0 Å². The molecule has 1 aliphatic heterocycles. The second-order valence-electron chi connectivity index (χ2n) is 6.72. The Balaban J connectivity index is 1.89. The number of carbonyl (C=O) groups excluding carboxylic acids is 2. The van der Waals surface area contributed by atoms with E-state index in [-0.39, 0.29) is 22.9 Å². The molecule has 0 atom stereocenters. The first-order valence-corrected chi connectivity index (χ1v) is 8.31. The summed E-state index contributed by atoms with van der Waals surface area (Å²) in [5.41, 5.74) is -0.477. The van der Waals surface area contributed by atoms with Gasteiger partial charge in [-0.05, 0) is 12.8 Å². The molecule has 0 aliphatic carbocycles. The van der Waals surface area contributed by atoms with Gasteiger partial charge in [0.05, 0.1) is 0 Å². The van der Waals surface area contributed by atoms with Crippen LogP contribution in [-0.2, 0) is 15.8 Å². The SMILES string of the molecule is CC(C)(C)C(=O)N1CCC(C(=O)Nc2nnc(C(F)(F)F)s2)CC1. The molecule has 1 aromatic rings. The summed E-state index contributed by atoms with van der Waals surface area (Å²) in [6.07, 6.45) is -3.63. The van der Waals surface area contributed by atoms with Gasteiger partial charge >= 0.3 is 6.18 Å². The van der Waals surface area contributed by atoms with Crippen molar-refractivity contribution in [2.24, 2.45) is 11.3 Å². The first-order valence-electron chi connectivity index (χ1n) is 7.49. The number of anilines is 1. The highest BCUT2D eigenvalue weighted by Gasteiger charge is 2.36. The first-order chi connectivity index (χ1) is 11.0. The molecule has 1 aliphatic rings. The maximum Gasteiger partial charge on any atom is 0.445 e. The smallest absolute Gasteiger partial charge is 0.342 e. The van der Waals surface area contributed by atoms with Crippen LogP contribution in [0.25, 0.3) is 0 Å². The van der Waals surface area contributed by atoms with E-state index in [1.165, 1.54) is 0 Å². The van der Waals surface area contributed by atoms with Crippen molar-refractivity contribution in [1.82, 2.24) is 15.1 Å². The van der Waals surface area contributed by atoms with Gasteiger partial charge in [-0.15, -0.1) is 10.2 Å². The molecule has 2 rings (SSSR count). The van der Waals surface area contributed by atoms with Crippen molar-refractivity contribution in [3.63, 3.8) is 0 Å². The largest absolute Gasteiger partial charge is 0.445 e. The molecule has 0 spiro atoms. The van der Waals surface area contributed by atoms with Gasteiger partial charge in [-0.3, -0.25) is 9.59 Å². The van der Waals surface area contributed by atoms with Crippen molar-refractivity contribution < 1.29 is 22.8 Å². The zero-order chi connectivity index (χ0) is 18.1. The van der Waals surface area contributed by atoms with Crippen molar-refractivity contribution in [2.45, 2.75) is 39.8 Å². The average Bonchev–Trinajstić information content (AvgIpc) is 2.94. The van der Waals surface area contributed by atoms with E-state index in [0.717, 1.165) is 0 Å².